The molecule has 0 radical (unpaired) electrons. The molecular weight excluding hydrogens is 557 g/mol. The summed E-state index contributed by atoms with van der Waals surface area (Å²) in [6.07, 6.45) is 0. The fourth-order valence-corrected chi connectivity index (χ4v) is 5.73. The van der Waals surface area contributed by atoms with E-state index in [0.29, 0.717) is 0 Å². The molecule has 2 amide bonds. The Morgan fingerprint density at radius 3 is 2.15 bits per heavy atom. The molecule has 0 unspecified atom stereocenters. The molecule has 0 saturated heterocycles. The van der Waals surface area contributed by atoms with Crippen molar-refractivity contribution in [3.63, 3.8) is 0 Å². The van der Waals surface area contributed by atoms with Crippen molar-refractivity contribution in [3.05, 3.63) is 94.0 Å². The van der Waals surface area contributed by atoms with E-state index < -0.39 is 34.1 Å². The molecule has 0 fully saturated rings. The Kier molecular flexibility index (Phi) is 9.69. The van der Waals surface area contributed by atoms with Gasteiger partial charge in [-0.1, -0.05) is 71.2 Å². The van der Waals surface area contributed by atoms with E-state index in [-0.39, 0.29) is 33.1 Å². The number of nitrogens with zero attached hydrogens (tertiary/aromatic N) is 2. The first kappa shape index (κ1) is 30.5. The standard InChI is InChI=1S/C29H33Cl2N3O4S/c1-20-11-14-24(15-12-20)39(37,38)34(26-17-23(30)13-16-25(26)31)19-27(35)33(18-22-9-7-6-8-10-22)21(2)28(36)32-29(3,4)5/h6-17,21H,18-19H2,1-5H3,(H,32,36)/t21-/m0/s1. The number of nitrogens with one attached hydrogen (secondary N) is 1. The topological polar surface area (TPSA) is 86.8 Å². The summed E-state index contributed by atoms with van der Waals surface area (Å²) in [6.45, 7) is 8.49. The number of hydrogen-bond donors (Lipinski definition) is 1. The van der Waals surface area contributed by atoms with E-state index in [1.165, 1.54) is 35.2 Å². The Labute approximate surface area is 240 Å². The molecule has 0 aliphatic rings. The summed E-state index contributed by atoms with van der Waals surface area (Å²) in [6, 6.07) is 19.0. The third-order valence-electron chi connectivity index (χ3n) is 5.93. The van der Waals surface area contributed by atoms with E-state index >= 15 is 0 Å². The lowest BCUT2D eigenvalue weighted by atomic mass is 10.1. The number of sulfonamides is 1. The van der Waals surface area contributed by atoms with E-state index in [2.05, 4.69) is 5.32 Å². The molecule has 1 atom stereocenters. The number of rotatable bonds is 9. The molecule has 3 rings (SSSR count). The quantitative estimate of drug-likeness (QED) is 0.340. The van der Waals surface area contributed by atoms with Crippen LogP contribution in [-0.4, -0.2) is 43.3 Å². The molecule has 0 spiro atoms. The molecule has 10 heteroatoms. The number of hydrogen-bond acceptors (Lipinski definition) is 4. The molecule has 1 N–H and O–H groups in total. The van der Waals surface area contributed by atoms with Gasteiger partial charge in [-0.15, -0.1) is 0 Å². The number of benzene rings is 3. The average Bonchev–Trinajstić information content (AvgIpc) is 2.86. The largest absolute Gasteiger partial charge is 0.350 e. The van der Waals surface area contributed by atoms with Crippen molar-refractivity contribution in [2.24, 2.45) is 0 Å². The molecule has 0 bridgehead atoms. The number of amides is 2. The summed E-state index contributed by atoms with van der Waals surface area (Å²) in [5.41, 5.74) is 1.20. The van der Waals surface area contributed by atoms with Gasteiger partial charge < -0.3 is 10.2 Å². The summed E-state index contributed by atoms with van der Waals surface area (Å²) in [4.78, 5) is 28.4. The number of carbonyl (C=O) groups is 2. The first-order valence-corrected chi connectivity index (χ1v) is 14.6. The average molecular weight is 591 g/mol. The number of carbonyl (C=O) groups excluding carboxylic acids is 2. The van der Waals surface area contributed by atoms with Gasteiger partial charge in [-0.3, -0.25) is 13.9 Å². The van der Waals surface area contributed by atoms with Gasteiger partial charge >= 0.3 is 0 Å². The zero-order valence-corrected chi connectivity index (χ0v) is 24.9. The van der Waals surface area contributed by atoms with Gasteiger partial charge in [0.1, 0.15) is 12.6 Å². The smallest absolute Gasteiger partial charge is 0.264 e. The normalized spacial score (nSPS) is 12.5. The van der Waals surface area contributed by atoms with Crippen molar-refractivity contribution in [1.29, 1.82) is 0 Å². The Balaban J connectivity index is 2.07. The third-order valence-corrected chi connectivity index (χ3v) is 8.25. The lowest BCUT2D eigenvalue weighted by Gasteiger charge is -2.33. The highest BCUT2D eigenvalue weighted by molar-refractivity contribution is 7.92. The van der Waals surface area contributed by atoms with Gasteiger partial charge in [-0.05, 0) is 70.5 Å². The predicted molar refractivity (Wildman–Crippen MR) is 157 cm³/mol. The van der Waals surface area contributed by atoms with E-state index in [1.807, 2.05) is 58.0 Å². The van der Waals surface area contributed by atoms with E-state index in [4.69, 9.17) is 23.2 Å². The second-order valence-corrected chi connectivity index (χ2v) is 13.0. The second kappa shape index (κ2) is 12.4. The maximum absolute atomic E-state index is 13.9. The summed E-state index contributed by atoms with van der Waals surface area (Å²) < 4.78 is 28.7. The molecule has 7 nitrogen and oxygen atoms in total. The van der Waals surface area contributed by atoms with Crippen molar-refractivity contribution in [2.45, 2.75) is 57.6 Å². The van der Waals surface area contributed by atoms with Crippen LogP contribution in [-0.2, 0) is 26.2 Å². The minimum Gasteiger partial charge on any atom is -0.350 e. The van der Waals surface area contributed by atoms with Gasteiger partial charge in [0.15, 0.2) is 0 Å². The van der Waals surface area contributed by atoms with Crippen LogP contribution in [0.25, 0.3) is 0 Å². The van der Waals surface area contributed by atoms with Gasteiger partial charge in [0, 0.05) is 17.1 Å². The molecule has 0 heterocycles. The van der Waals surface area contributed by atoms with Crippen LogP contribution in [0.15, 0.2) is 77.7 Å². The predicted octanol–water partition coefficient (Wildman–Crippen LogP) is 5.83. The van der Waals surface area contributed by atoms with Crippen LogP contribution >= 0.6 is 23.2 Å². The molecule has 0 aliphatic carbocycles. The zero-order valence-electron chi connectivity index (χ0n) is 22.6. The lowest BCUT2D eigenvalue weighted by Crippen LogP contribution is -2.54. The minimum absolute atomic E-state index is 0.00919. The van der Waals surface area contributed by atoms with Crippen LogP contribution < -0.4 is 9.62 Å². The fourth-order valence-electron chi connectivity index (χ4n) is 3.86. The number of halogens is 2. The second-order valence-electron chi connectivity index (χ2n) is 10.3. The van der Waals surface area contributed by atoms with Gasteiger partial charge in [0.05, 0.1) is 15.6 Å². The maximum atomic E-state index is 13.9. The van der Waals surface area contributed by atoms with Crippen LogP contribution in [0.4, 0.5) is 5.69 Å². The first-order chi connectivity index (χ1) is 18.2. The van der Waals surface area contributed by atoms with Gasteiger partial charge in [0.2, 0.25) is 11.8 Å². The molecule has 39 heavy (non-hydrogen) atoms. The van der Waals surface area contributed by atoms with Crippen molar-refractivity contribution < 1.29 is 18.0 Å². The van der Waals surface area contributed by atoms with Crippen LogP contribution in [0, 0.1) is 6.92 Å². The third kappa shape index (κ3) is 7.97. The highest BCUT2D eigenvalue weighted by atomic mass is 35.5. The van der Waals surface area contributed by atoms with Gasteiger partial charge in [0.25, 0.3) is 10.0 Å². The lowest BCUT2D eigenvalue weighted by molar-refractivity contribution is -0.140. The van der Waals surface area contributed by atoms with E-state index in [9.17, 15) is 18.0 Å². The van der Waals surface area contributed by atoms with E-state index in [1.54, 1.807) is 19.1 Å². The van der Waals surface area contributed by atoms with Crippen molar-refractivity contribution in [3.8, 4) is 0 Å². The zero-order chi connectivity index (χ0) is 29.0. The molecular formula is C29H33Cl2N3O4S. The summed E-state index contributed by atoms with van der Waals surface area (Å²) in [7, 11) is -4.24. The molecule has 3 aromatic rings. The van der Waals surface area contributed by atoms with Crippen LogP contribution in [0.5, 0.6) is 0 Å². The van der Waals surface area contributed by atoms with Gasteiger partial charge in [-0.25, -0.2) is 8.42 Å². The SMILES string of the molecule is Cc1ccc(S(=O)(=O)N(CC(=O)N(Cc2ccccc2)[C@@H](C)C(=O)NC(C)(C)C)c2cc(Cl)ccc2Cl)cc1. The Bertz CT molecular complexity index is 1420. The monoisotopic (exact) mass is 589 g/mol. The van der Waals surface area contributed by atoms with Crippen molar-refractivity contribution >= 4 is 50.7 Å². The van der Waals surface area contributed by atoms with Crippen LogP contribution in [0.3, 0.4) is 0 Å². The Hall–Kier alpha value is -3.07. The Morgan fingerprint density at radius 2 is 1.56 bits per heavy atom. The van der Waals surface area contributed by atoms with Crippen LogP contribution in [0.1, 0.15) is 38.8 Å². The number of aryl methyl sites for hydroxylation is 1. The van der Waals surface area contributed by atoms with E-state index in [0.717, 1.165) is 15.4 Å². The fraction of sp³-hybridized carbons (Fsp3) is 0.310. The molecule has 0 saturated carbocycles. The van der Waals surface area contributed by atoms with Gasteiger partial charge in [-0.2, -0.15) is 0 Å². The summed E-state index contributed by atoms with van der Waals surface area (Å²) in [5, 5.41) is 3.26. The minimum atomic E-state index is -4.24. The molecule has 0 aliphatic heterocycles. The van der Waals surface area contributed by atoms with Crippen molar-refractivity contribution in [1.82, 2.24) is 10.2 Å². The summed E-state index contributed by atoms with van der Waals surface area (Å²) in [5.74, 6) is -0.942. The first-order valence-electron chi connectivity index (χ1n) is 12.4. The molecule has 3 aromatic carbocycles. The highest BCUT2D eigenvalue weighted by Crippen LogP contribution is 2.33. The summed E-state index contributed by atoms with van der Waals surface area (Å²) >= 11 is 12.6. The molecule has 208 valence electrons. The van der Waals surface area contributed by atoms with Crippen LogP contribution in [0.2, 0.25) is 10.0 Å². The highest BCUT2D eigenvalue weighted by Gasteiger charge is 2.34. The maximum Gasteiger partial charge on any atom is 0.264 e. The Morgan fingerprint density at radius 1 is 0.949 bits per heavy atom. The number of anilines is 1. The van der Waals surface area contributed by atoms with Crippen molar-refractivity contribution in [2.75, 3.05) is 10.8 Å². The molecule has 0 aromatic heterocycles.